The highest BCUT2D eigenvalue weighted by Crippen LogP contribution is 2.39. The monoisotopic (exact) mass is 372 g/mol. The summed E-state index contributed by atoms with van der Waals surface area (Å²) in [5.74, 6) is 0.330. The largest absolute Gasteiger partial charge is 0.488 e. The number of carbonyl (C=O) groups is 1. The number of halogens is 1. The third kappa shape index (κ3) is 4.24. The third-order valence-electron chi connectivity index (χ3n) is 5.04. The van der Waals surface area contributed by atoms with Gasteiger partial charge >= 0.3 is 5.97 Å². The number of aryl methyl sites for hydroxylation is 1. The fraction of sp³-hybridized carbons (Fsp3) is 0.409. The summed E-state index contributed by atoms with van der Waals surface area (Å²) < 4.78 is 26.0. The molecule has 1 heterocycles. The average molecular weight is 372 g/mol. The maximum Gasteiger partial charge on any atom is 0.303 e. The van der Waals surface area contributed by atoms with Gasteiger partial charge in [-0.3, -0.25) is 4.79 Å². The molecule has 5 heteroatoms. The first-order valence-electron chi connectivity index (χ1n) is 9.10. The molecular weight excluding hydrogens is 347 g/mol. The molecule has 1 aliphatic heterocycles. The normalized spacial score (nSPS) is 14.6. The molecule has 1 N–H and O–H groups in total. The minimum absolute atomic E-state index is 0.100. The van der Waals surface area contributed by atoms with Crippen LogP contribution < -0.4 is 9.47 Å². The highest BCUT2D eigenvalue weighted by Gasteiger charge is 2.32. The number of carboxylic acids is 1. The van der Waals surface area contributed by atoms with E-state index in [2.05, 4.69) is 0 Å². The van der Waals surface area contributed by atoms with Crippen LogP contribution in [0.2, 0.25) is 0 Å². The van der Waals surface area contributed by atoms with Crippen molar-refractivity contribution in [2.24, 2.45) is 0 Å². The van der Waals surface area contributed by atoms with E-state index in [-0.39, 0.29) is 24.4 Å². The van der Waals surface area contributed by atoms with Gasteiger partial charge in [-0.15, -0.1) is 0 Å². The molecule has 4 nitrogen and oxygen atoms in total. The van der Waals surface area contributed by atoms with Gasteiger partial charge in [-0.1, -0.05) is 6.07 Å². The molecule has 0 saturated heterocycles. The van der Waals surface area contributed by atoms with Crippen LogP contribution in [0.3, 0.4) is 0 Å². The van der Waals surface area contributed by atoms with E-state index in [9.17, 15) is 9.18 Å². The molecule has 0 spiro atoms. The van der Waals surface area contributed by atoms with Crippen LogP contribution in [0, 0.1) is 19.7 Å². The number of carboxylic acid groups (broad SMARTS) is 1. The van der Waals surface area contributed by atoms with Gasteiger partial charge in [0.15, 0.2) is 0 Å². The van der Waals surface area contributed by atoms with Crippen molar-refractivity contribution < 1.29 is 23.8 Å². The number of aliphatic carboxylic acids is 1. The van der Waals surface area contributed by atoms with Crippen molar-refractivity contribution in [2.45, 2.75) is 59.2 Å². The highest BCUT2D eigenvalue weighted by molar-refractivity contribution is 5.67. The second-order valence-electron chi connectivity index (χ2n) is 7.75. The summed E-state index contributed by atoms with van der Waals surface area (Å²) in [5.41, 5.74) is 4.21. The number of fused-ring (bicyclic) bond motifs is 1. The zero-order chi connectivity index (χ0) is 19.8. The number of rotatable bonds is 6. The van der Waals surface area contributed by atoms with Crippen LogP contribution >= 0.6 is 0 Å². The lowest BCUT2D eigenvalue weighted by atomic mass is 9.99. The van der Waals surface area contributed by atoms with Gasteiger partial charge in [0.1, 0.15) is 29.5 Å². The molecule has 0 saturated carbocycles. The number of hydrogen-bond donors (Lipinski definition) is 1. The number of benzene rings is 2. The lowest BCUT2D eigenvalue weighted by Crippen LogP contribution is -2.25. The Hall–Kier alpha value is -2.56. The van der Waals surface area contributed by atoms with E-state index in [0.717, 1.165) is 22.3 Å². The van der Waals surface area contributed by atoms with E-state index >= 15 is 0 Å². The quantitative estimate of drug-likeness (QED) is 0.795. The maximum absolute atomic E-state index is 14.0. The molecule has 2 aromatic rings. The first-order chi connectivity index (χ1) is 12.7. The second kappa shape index (κ2) is 7.22. The molecular formula is C22H25FO4. The summed E-state index contributed by atoms with van der Waals surface area (Å²) in [6.07, 6.45) is 1.26. The van der Waals surface area contributed by atoms with Crippen molar-refractivity contribution in [1.82, 2.24) is 0 Å². The van der Waals surface area contributed by atoms with Gasteiger partial charge in [-0.25, -0.2) is 4.39 Å². The van der Waals surface area contributed by atoms with Gasteiger partial charge in [-0.05, 0) is 69.0 Å². The SMILES string of the molecule is Cc1c(CCC(=O)O)ccc(OCc2cc(F)cc3c2OC(C)(C)C3)c1C. The Bertz CT molecular complexity index is 886. The van der Waals surface area contributed by atoms with Crippen molar-refractivity contribution in [3.63, 3.8) is 0 Å². The lowest BCUT2D eigenvalue weighted by Gasteiger charge is -2.19. The zero-order valence-electron chi connectivity index (χ0n) is 16.2. The van der Waals surface area contributed by atoms with Crippen LogP contribution in [0.5, 0.6) is 11.5 Å². The zero-order valence-corrected chi connectivity index (χ0v) is 16.2. The Morgan fingerprint density at radius 2 is 1.96 bits per heavy atom. The summed E-state index contributed by atoms with van der Waals surface area (Å²) in [7, 11) is 0. The minimum Gasteiger partial charge on any atom is -0.488 e. The van der Waals surface area contributed by atoms with E-state index in [1.165, 1.54) is 12.1 Å². The Balaban J connectivity index is 1.79. The Morgan fingerprint density at radius 1 is 1.22 bits per heavy atom. The van der Waals surface area contributed by atoms with Crippen molar-refractivity contribution in [3.05, 3.63) is 57.9 Å². The van der Waals surface area contributed by atoms with Gasteiger partial charge < -0.3 is 14.6 Å². The van der Waals surface area contributed by atoms with Gasteiger partial charge in [0.05, 0.1) is 0 Å². The highest BCUT2D eigenvalue weighted by atomic mass is 19.1. The van der Waals surface area contributed by atoms with Gasteiger partial charge in [0, 0.05) is 24.0 Å². The van der Waals surface area contributed by atoms with Crippen molar-refractivity contribution in [3.8, 4) is 11.5 Å². The van der Waals surface area contributed by atoms with Crippen LogP contribution in [-0.2, 0) is 24.2 Å². The number of hydrogen-bond acceptors (Lipinski definition) is 3. The predicted octanol–water partition coefficient (Wildman–Crippen LogP) is 4.75. The first kappa shape index (κ1) is 19.2. The molecule has 0 amide bonds. The number of ether oxygens (including phenoxy) is 2. The molecule has 144 valence electrons. The molecule has 0 unspecified atom stereocenters. The predicted molar refractivity (Wildman–Crippen MR) is 101 cm³/mol. The molecule has 0 atom stereocenters. The third-order valence-corrected chi connectivity index (χ3v) is 5.04. The van der Waals surface area contributed by atoms with Crippen molar-refractivity contribution in [2.75, 3.05) is 0 Å². The second-order valence-corrected chi connectivity index (χ2v) is 7.75. The van der Waals surface area contributed by atoms with E-state index in [1.54, 1.807) is 0 Å². The van der Waals surface area contributed by atoms with Crippen LogP contribution in [0.4, 0.5) is 4.39 Å². The van der Waals surface area contributed by atoms with Crippen molar-refractivity contribution in [1.29, 1.82) is 0 Å². The smallest absolute Gasteiger partial charge is 0.303 e. The molecule has 0 radical (unpaired) electrons. The lowest BCUT2D eigenvalue weighted by molar-refractivity contribution is -0.136. The van der Waals surface area contributed by atoms with Crippen LogP contribution in [0.25, 0.3) is 0 Å². The van der Waals surface area contributed by atoms with E-state index in [0.29, 0.717) is 29.9 Å². The molecule has 1 aliphatic rings. The minimum atomic E-state index is -0.810. The Morgan fingerprint density at radius 3 is 2.67 bits per heavy atom. The summed E-state index contributed by atoms with van der Waals surface area (Å²) >= 11 is 0. The fourth-order valence-corrected chi connectivity index (χ4v) is 3.53. The molecule has 0 bridgehead atoms. The van der Waals surface area contributed by atoms with E-state index in [4.69, 9.17) is 14.6 Å². The summed E-state index contributed by atoms with van der Waals surface area (Å²) in [5, 5.41) is 8.87. The van der Waals surface area contributed by atoms with Crippen LogP contribution in [0.1, 0.15) is 48.1 Å². The average Bonchev–Trinajstić information content (AvgIpc) is 2.88. The fourth-order valence-electron chi connectivity index (χ4n) is 3.53. The first-order valence-corrected chi connectivity index (χ1v) is 9.10. The van der Waals surface area contributed by atoms with Crippen molar-refractivity contribution >= 4 is 5.97 Å². The maximum atomic E-state index is 14.0. The molecule has 0 fully saturated rings. The standard InChI is InChI=1S/C22H25FO4/c1-13-14(2)19(7-5-15(13)6-8-20(24)25)26-12-17-10-18(23)9-16-11-22(3,4)27-21(16)17/h5,7,9-10H,6,8,11-12H2,1-4H3,(H,24,25). The van der Waals surface area contributed by atoms with Crippen LogP contribution in [-0.4, -0.2) is 16.7 Å². The van der Waals surface area contributed by atoms with Gasteiger partial charge in [-0.2, -0.15) is 0 Å². The van der Waals surface area contributed by atoms with E-state index < -0.39 is 5.97 Å². The molecule has 0 aromatic heterocycles. The molecule has 2 aromatic carbocycles. The van der Waals surface area contributed by atoms with Gasteiger partial charge in [0.25, 0.3) is 0 Å². The molecule has 0 aliphatic carbocycles. The molecule has 3 rings (SSSR count). The summed E-state index contributed by atoms with van der Waals surface area (Å²) in [4.78, 5) is 10.8. The Labute approximate surface area is 158 Å². The van der Waals surface area contributed by atoms with E-state index in [1.807, 2.05) is 39.8 Å². The van der Waals surface area contributed by atoms with Crippen LogP contribution in [0.15, 0.2) is 24.3 Å². The Kier molecular flexibility index (Phi) is 5.13. The topological polar surface area (TPSA) is 55.8 Å². The molecule has 27 heavy (non-hydrogen) atoms. The summed E-state index contributed by atoms with van der Waals surface area (Å²) in [6.45, 7) is 8.10. The van der Waals surface area contributed by atoms with Gasteiger partial charge in [0.2, 0.25) is 0 Å². The summed E-state index contributed by atoms with van der Waals surface area (Å²) in [6, 6.07) is 6.74.